The van der Waals surface area contributed by atoms with Crippen LogP contribution in [0.4, 0.5) is 0 Å². The summed E-state index contributed by atoms with van der Waals surface area (Å²) in [4.78, 5) is 7.44. The lowest BCUT2D eigenvalue weighted by molar-refractivity contribution is 0.0981. The molecule has 2 fully saturated rings. The van der Waals surface area contributed by atoms with Crippen LogP contribution in [-0.4, -0.2) is 87.3 Å². The molecule has 2 saturated heterocycles. The molecular formula is C20H34N4O. The van der Waals surface area contributed by atoms with E-state index < -0.39 is 0 Å². The molecule has 0 bridgehead atoms. The third-order valence-electron chi connectivity index (χ3n) is 5.28. The average molecular weight is 347 g/mol. The van der Waals surface area contributed by atoms with Gasteiger partial charge in [-0.15, -0.1) is 0 Å². The van der Waals surface area contributed by atoms with Gasteiger partial charge in [0.1, 0.15) is 5.75 Å². The van der Waals surface area contributed by atoms with Gasteiger partial charge in [0, 0.05) is 51.9 Å². The van der Waals surface area contributed by atoms with Gasteiger partial charge in [0.05, 0.1) is 6.61 Å². The molecule has 0 aromatic heterocycles. The number of benzene rings is 1. The fourth-order valence-corrected chi connectivity index (χ4v) is 3.80. The highest BCUT2D eigenvalue weighted by Gasteiger charge is 2.25. The maximum Gasteiger partial charge on any atom is 0.119 e. The first kappa shape index (κ1) is 18.6. The van der Waals surface area contributed by atoms with Crippen molar-refractivity contribution in [2.45, 2.75) is 25.4 Å². The molecule has 2 aliphatic rings. The largest absolute Gasteiger partial charge is 0.494 e. The second-order valence-electron chi connectivity index (χ2n) is 7.61. The minimum atomic E-state index is 0.765. The fraction of sp³-hybridized carbons (Fsp3) is 0.700. The molecule has 0 saturated carbocycles. The van der Waals surface area contributed by atoms with Crippen molar-refractivity contribution in [3.63, 3.8) is 0 Å². The summed E-state index contributed by atoms with van der Waals surface area (Å²) in [5.41, 5.74) is 1.36. The van der Waals surface area contributed by atoms with Crippen LogP contribution < -0.4 is 10.1 Å². The summed E-state index contributed by atoms with van der Waals surface area (Å²) >= 11 is 0. The molecule has 3 rings (SSSR count). The lowest BCUT2D eigenvalue weighted by Crippen LogP contribution is -2.50. The van der Waals surface area contributed by atoms with Crippen LogP contribution in [0.15, 0.2) is 24.3 Å². The molecule has 0 unspecified atom stereocenters. The van der Waals surface area contributed by atoms with E-state index >= 15 is 0 Å². The maximum atomic E-state index is 5.91. The predicted octanol–water partition coefficient (Wildman–Crippen LogP) is 1.50. The first-order valence-electron chi connectivity index (χ1n) is 9.74. The van der Waals surface area contributed by atoms with Crippen molar-refractivity contribution in [2.24, 2.45) is 0 Å². The van der Waals surface area contributed by atoms with Crippen LogP contribution >= 0.6 is 0 Å². The Balaban J connectivity index is 1.41. The molecule has 0 radical (unpaired) electrons. The number of hydrogen-bond acceptors (Lipinski definition) is 5. The highest BCUT2D eigenvalue weighted by Crippen LogP contribution is 2.17. The third-order valence-corrected chi connectivity index (χ3v) is 5.28. The molecule has 5 nitrogen and oxygen atoms in total. The molecule has 0 amide bonds. The molecule has 140 valence electrons. The van der Waals surface area contributed by atoms with Gasteiger partial charge >= 0.3 is 0 Å². The van der Waals surface area contributed by atoms with E-state index in [1.807, 2.05) is 0 Å². The second kappa shape index (κ2) is 9.53. The Hall–Kier alpha value is -1.14. The Morgan fingerprint density at radius 2 is 2.04 bits per heavy atom. The Bertz CT molecular complexity index is 508. The summed E-state index contributed by atoms with van der Waals surface area (Å²) in [6.45, 7) is 10.00. The highest BCUT2D eigenvalue weighted by molar-refractivity contribution is 5.28. The number of piperazine rings is 1. The van der Waals surface area contributed by atoms with Gasteiger partial charge in [-0.1, -0.05) is 12.1 Å². The van der Waals surface area contributed by atoms with Gasteiger partial charge in [-0.2, -0.15) is 0 Å². The zero-order valence-electron chi connectivity index (χ0n) is 15.9. The molecule has 5 heteroatoms. The first-order chi connectivity index (χ1) is 12.2. The number of rotatable bonds is 8. The van der Waals surface area contributed by atoms with Crippen LogP contribution in [0.25, 0.3) is 0 Å². The quantitative estimate of drug-likeness (QED) is 0.721. The van der Waals surface area contributed by atoms with Gasteiger partial charge < -0.3 is 15.0 Å². The zero-order chi connectivity index (χ0) is 17.5. The van der Waals surface area contributed by atoms with Crippen molar-refractivity contribution in [1.29, 1.82) is 0 Å². The van der Waals surface area contributed by atoms with Crippen molar-refractivity contribution in [1.82, 2.24) is 20.0 Å². The molecule has 2 aliphatic heterocycles. The summed E-state index contributed by atoms with van der Waals surface area (Å²) in [6.07, 6.45) is 2.38. The lowest BCUT2D eigenvalue weighted by Gasteiger charge is -2.37. The third kappa shape index (κ3) is 5.96. The number of nitrogens with one attached hydrogen (secondary N) is 1. The van der Waals surface area contributed by atoms with E-state index in [4.69, 9.17) is 4.74 Å². The molecule has 1 aromatic carbocycles. The topological polar surface area (TPSA) is 31.0 Å². The molecule has 0 aliphatic carbocycles. The van der Waals surface area contributed by atoms with Gasteiger partial charge in [-0.05, 0) is 51.2 Å². The first-order valence-corrected chi connectivity index (χ1v) is 9.74. The smallest absolute Gasteiger partial charge is 0.119 e. The summed E-state index contributed by atoms with van der Waals surface area (Å²) in [7, 11) is 4.20. The minimum Gasteiger partial charge on any atom is -0.494 e. The van der Waals surface area contributed by atoms with Gasteiger partial charge in [0.2, 0.25) is 0 Å². The van der Waals surface area contributed by atoms with Gasteiger partial charge in [0.25, 0.3) is 0 Å². The maximum absolute atomic E-state index is 5.91. The summed E-state index contributed by atoms with van der Waals surface area (Å²) in [5, 5.41) is 3.48. The molecule has 1 atom stereocenters. The lowest BCUT2D eigenvalue weighted by atomic mass is 10.1. The van der Waals surface area contributed by atoms with Crippen LogP contribution in [0.3, 0.4) is 0 Å². The SMILES string of the molecule is CN(C)CCCOc1cccc(CN2CCN([C@@H]3CCNC3)CC2)c1. The van der Waals surface area contributed by atoms with Crippen LogP contribution in [0, 0.1) is 0 Å². The van der Waals surface area contributed by atoms with Crippen molar-refractivity contribution >= 4 is 0 Å². The Labute approximate surface area is 152 Å². The van der Waals surface area contributed by atoms with Crippen molar-refractivity contribution in [3.8, 4) is 5.75 Å². The van der Waals surface area contributed by atoms with Gasteiger partial charge in [0.15, 0.2) is 0 Å². The zero-order valence-corrected chi connectivity index (χ0v) is 15.9. The van der Waals surface area contributed by atoms with E-state index in [9.17, 15) is 0 Å². The molecular weight excluding hydrogens is 312 g/mol. The Kier molecular flexibility index (Phi) is 7.11. The van der Waals surface area contributed by atoms with Gasteiger partial charge in [-0.25, -0.2) is 0 Å². The van der Waals surface area contributed by atoms with Crippen LogP contribution in [0.2, 0.25) is 0 Å². The van der Waals surface area contributed by atoms with Crippen molar-refractivity contribution in [3.05, 3.63) is 29.8 Å². The Morgan fingerprint density at radius 3 is 2.76 bits per heavy atom. The van der Waals surface area contributed by atoms with E-state index in [-0.39, 0.29) is 0 Å². The Morgan fingerprint density at radius 1 is 1.20 bits per heavy atom. The summed E-state index contributed by atoms with van der Waals surface area (Å²) in [5.74, 6) is 1.01. The van der Waals surface area contributed by atoms with Crippen molar-refractivity contribution < 1.29 is 4.74 Å². The predicted molar refractivity (Wildman–Crippen MR) is 103 cm³/mol. The van der Waals surface area contributed by atoms with E-state index in [0.29, 0.717) is 0 Å². The number of ether oxygens (including phenoxy) is 1. The molecule has 1 N–H and O–H groups in total. The van der Waals surface area contributed by atoms with Crippen LogP contribution in [0.5, 0.6) is 5.75 Å². The monoisotopic (exact) mass is 346 g/mol. The number of nitrogens with zero attached hydrogens (tertiary/aromatic N) is 3. The van der Waals surface area contributed by atoms with Gasteiger partial charge in [-0.3, -0.25) is 9.80 Å². The highest BCUT2D eigenvalue weighted by atomic mass is 16.5. The van der Waals surface area contributed by atoms with E-state index in [2.05, 4.69) is 58.4 Å². The van der Waals surface area contributed by atoms with Crippen LogP contribution in [0.1, 0.15) is 18.4 Å². The second-order valence-corrected chi connectivity index (χ2v) is 7.61. The fourth-order valence-electron chi connectivity index (χ4n) is 3.80. The van der Waals surface area contributed by atoms with Crippen molar-refractivity contribution in [2.75, 3.05) is 66.5 Å². The van der Waals surface area contributed by atoms with Crippen LogP contribution in [-0.2, 0) is 6.54 Å². The minimum absolute atomic E-state index is 0.765. The molecule has 25 heavy (non-hydrogen) atoms. The standard InChI is InChI=1S/C20H34N4O/c1-22(2)9-4-14-25-20-6-3-5-18(15-20)17-23-10-12-24(13-11-23)19-7-8-21-16-19/h3,5-6,15,19,21H,4,7-14,16-17H2,1-2H3/t19-/m1/s1. The average Bonchev–Trinajstić information content (AvgIpc) is 3.14. The van der Waals surface area contributed by atoms with E-state index in [1.54, 1.807) is 0 Å². The summed E-state index contributed by atoms with van der Waals surface area (Å²) in [6, 6.07) is 9.39. The normalized spacial score (nSPS) is 22.6. The number of hydrogen-bond donors (Lipinski definition) is 1. The molecule has 0 spiro atoms. The molecule has 2 heterocycles. The van der Waals surface area contributed by atoms with E-state index in [1.165, 1.54) is 51.3 Å². The van der Waals surface area contributed by atoms with E-state index in [0.717, 1.165) is 37.9 Å². The molecule has 1 aromatic rings. The summed E-state index contributed by atoms with van der Waals surface area (Å²) < 4.78 is 5.91.